The Morgan fingerprint density at radius 1 is 1.05 bits per heavy atom. The normalized spacial score (nSPS) is 12.0. The van der Waals surface area contributed by atoms with E-state index < -0.39 is 29.3 Å². The summed E-state index contributed by atoms with van der Waals surface area (Å²) in [5, 5.41) is 30.6. The monoisotopic (exact) mass is 525 g/mol. The molecule has 0 aliphatic heterocycles. The Morgan fingerprint density at radius 3 is 2.51 bits per heavy atom. The molecule has 4 aromatic rings. The molecule has 1 atom stereocenters. The number of carbonyl (C=O) groups excluding carboxylic acids is 1. The first-order valence-electron chi connectivity index (χ1n) is 11.3. The van der Waals surface area contributed by atoms with Crippen LogP contribution >= 0.6 is 11.6 Å². The number of aryl methyl sites for hydroxylation is 2. The third-order valence-corrected chi connectivity index (χ3v) is 6.51. The van der Waals surface area contributed by atoms with E-state index in [2.05, 4.69) is 0 Å². The molecule has 192 valence electrons. The summed E-state index contributed by atoms with van der Waals surface area (Å²) < 4.78 is 11.8. The Labute approximate surface area is 215 Å². The topological polar surface area (TPSA) is 139 Å². The van der Waals surface area contributed by atoms with E-state index in [0.717, 1.165) is 0 Å². The second-order valence-electron chi connectivity index (χ2n) is 8.61. The molecule has 4 rings (SSSR count). The molecule has 2 heterocycles. The molecule has 10 heteroatoms. The molecule has 0 radical (unpaired) electrons. The van der Waals surface area contributed by atoms with E-state index in [1.807, 2.05) is 0 Å². The smallest absolute Gasteiger partial charge is 0.306 e. The van der Waals surface area contributed by atoms with Crippen molar-refractivity contribution in [2.45, 2.75) is 32.2 Å². The number of phenolic OH excluding ortho intramolecular Hbond substituents is 2. The summed E-state index contributed by atoms with van der Waals surface area (Å²) >= 11 is 6.06. The van der Waals surface area contributed by atoms with E-state index in [1.165, 1.54) is 48.3 Å². The lowest BCUT2D eigenvalue weighted by molar-refractivity contribution is -0.140. The molecular formula is C27H24ClNO8. The molecule has 0 saturated heterocycles. The number of carbonyl (C=O) groups is 1. The van der Waals surface area contributed by atoms with Crippen molar-refractivity contribution in [1.82, 2.24) is 4.57 Å². The van der Waals surface area contributed by atoms with Crippen molar-refractivity contribution >= 4 is 28.5 Å². The molecular weight excluding hydrogens is 502 g/mol. The molecule has 37 heavy (non-hydrogen) atoms. The molecule has 3 N–H and O–H groups in total. The van der Waals surface area contributed by atoms with Gasteiger partial charge in [0.05, 0.1) is 30.7 Å². The van der Waals surface area contributed by atoms with Gasteiger partial charge in [-0.1, -0.05) is 17.7 Å². The number of benzene rings is 2. The van der Waals surface area contributed by atoms with E-state index >= 15 is 0 Å². The van der Waals surface area contributed by atoms with Crippen molar-refractivity contribution in [3.63, 3.8) is 0 Å². The van der Waals surface area contributed by atoms with E-state index in [1.54, 1.807) is 19.1 Å². The van der Waals surface area contributed by atoms with Crippen LogP contribution in [0.5, 0.6) is 17.2 Å². The van der Waals surface area contributed by atoms with E-state index in [-0.39, 0.29) is 45.9 Å². The van der Waals surface area contributed by atoms with Crippen LogP contribution < -0.4 is 11.0 Å². The molecule has 0 unspecified atom stereocenters. The maximum atomic E-state index is 13.7. The number of hydrogen-bond donors (Lipinski definition) is 3. The highest BCUT2D eigenvalue weighted by molar-refractivity contribution is 6.31. The Hall–Kier alpha value is -4.24. The number of rotatable bonds is 7. The Bertz CT molecular complexity index is 1620. The summed E-state index contributed by atoms with van der Waals surface area (Å²) in [5.41, 5.74) is 0.128. The Morgan fingerprint density at radius 2 is 1.81 bits per heavy atom. The van der Waals surface area contributed by atoms with Gasteiger partial charge in [0.2, 0.25) is 0 Å². The molecule has 0 saturated carbocycles. The van der Waals surface area contributed by atoms with Crippen molar-refractivity contribution in [3.8, 4) is 17.2 Å². The third kappa shape index (κ3) is 5.17. The van der Waals surface area contributed by atoms with Crippen LogP contribution in [0.15, 0.2) is 62.7 Å². The van der Waals surface area contributed by atoms with E-state index in [4.69, 9.17) is 20.8 Å². The predicted octanol–water partition coefficient (Wildman–Crippen LogP) is 3.97. The Kier molecular flexibility index (Phi) is 7.26. The minimum Gasteiger partial charge on any atom is -0.507 e. The Balaban J connectivity index is 1.84. The number of halogens is 1. The quantitative estimate of drug-likeness (QED) is 0.243. The third-order valence-electron chi connectivity index (χ3n) is 6.27. The summed E-state index contributed by atoms with van der Waals surface area (Å²) in [6.45, 7) is 1.80. The van der Waals surface area contributed by atoms with Crippen LogP contribution in [0.2, 0.25) is 5.02 Å². The molecule has 9 nitrogen and oxygen atoms in total. The summed E-state index contributed by atoms with van der Waals surface area (Å²) in [6.07, 6.45) is 1.09. The highest BCUT2D eigenvalue weighted by Crippen LogP contribution is 2.32. The average Bonchev–Trinajstić information content (AvgIpc) is 2.85. The van der Waals surface area contributed by atoms with Crippen LogP contribution in [0.3, 0.4) is 0 Å². The first-order valence-corrected chi connectivity index (χ1v) is 11.7. The molecule has 0 spiro atoms. The van der Waals surface area contributed by atoms with Crippen molar-refractivity contribution in [1.29, 1.82) is 0 Å². The fraction of sp³-hybridized carbons (Fsp3) is 0.222. The highest BCUT2D eigenvalue weighted by atomic mass is 35.5. The van der Waals surface area contributed by atoms with Crippen molar-refractivity contribution in [2.24, 2.45) is 0 Å². The molecule has 2 aromatic heterocycles. The van der Waals surface area contributed by atoms with E-state index in [9.17, 15) is 29.7 Å². The van der Waals surface area contributed by atoms with Gasteiger partial charge in [0.1, 0.15) is 11.3 Å². The maximum Gasteiger partial charge on any atom is 0.306 e. The number of esters is 1. The van der Waals surface area contributed by atoms with Crippen LogP contribution in [0.4, 0.5) is 0 Å². The van der Waals surface area contributed by atoms with Crippen LogP contribution in [-0.4, -0.2) is 33.0 Å². The van der Waals surface area contributed by atoms with Gasteiger partial charge < -0.3 is 29.0 Å². The molecule has 2 aromatic carbocycles. The minimum atomic E-state index is -1.16. The lowest BCUT2D eigenvalue weighted by Crippen LogP contribution is -2.30. The number of nitrogens with zero attached hydrogens (tertiary/aromatic N) is 1. The number of fused-ring (bicyclic) bond motifs is 1. The molecule has 0 amide bonds. The van der Waals surface area contributed by atoms with Gasteiger partial charge in [-0.25, -0.2) is 0 Å². The fourth-order valence-electron chi connectivity index (χ4n) is 4.32. The van der Waals surface area contributed by atoms with Crippen LogP contribution in [0.1, 0.15) is 34.7 Å². The number of hydrogen-bond acceptors (Lipinski definition) is 8. The average molecular weight is 526 g/mol. The first kappa shape index (κ1) is 25.8. The zero-order valence-electron chi connectivity index (χ0n) is 20.0. The van der Waals surface area contributed by atoms with Gasteiger partial charge in [-0.15, -0.1) is 0 Å². The summed E-state index contributed by atoms with van der Waals surface area (Å²) in [6, 6.07) is 10.3. The van der Waals surface area contributed by atoms with Gasteiger partial charge in [-0.2, -0.15) is 0 Å². The van der Waals surface area contributed by atoms with Crippen LogP contribution in [0.25, 0.3) is 11.0 Å². The van der Waals surface area contributed by atoms with Gasteiger partial charge >= 0.3 is 5.97 Å². The number of phenols is 2. The standard InChI is InChI=1S/C27H24ClNO8/c1-14-9-22(32)25(27(35)29(14)8-7-15-3-5-20(30)21(31)10-15)17(12-24(33)36-2)19-13-37-23-6-4-16(28)11-18(23)26(19)34/h3-6,9-11,13,17,30-32H,7-8,12H2,1-2H3/t17-/m0/s1. The summed E-state index contributed by atoms with van der Waals surface area (Å²) in [5.74, 6) is -2.77. The molecule has 0 bridgehead atoms. The second kappa shape index (κ2) is 10.4. The second-order valence-corrected chi connectivity index (χ2v) is 9.04. The van der Waals surface area contributed by atoms with Gasteiger partial charge in [-0.3, -0.25) is 14.4 Å². The maximum absolute atomic E-state index is 13.7. The number of pyridine rings is 1. The van der Waals surface area contributed by atoms with Crippen molar-refractivity contribution in [3.05, 3.63) is 96.7 Å². The van der Waals surface area contributed by atoms with Gasteiger partial charge in [0.15, 0.2) is 16.9 Å². The SMILES string of the molecule is COC(=O)C[C@@H](c1coc2ccc(Cl)cc2c1=O)c1c(O)cc(C)n(CCc2ccc(O)c(O)c2)c1=O. The van der Waals surface area contributed by atoms with Crippen molar-refractivity contribution < 1.29 is 29.3 Å². The summed E-state index contributed by atoms with van der Waals surface area (Å²) in [4.78, 5) is 39.4. The molecule has 0 aliphatic rings. The molecule has 0 fully saturated rings. The van der Waals surface area contributed by atoms with Gasteiger partial charge in [0, 0.05) is 28.7 Å². The lowest BCUT2D eigenvalue weighted by atomic mass is 9.88. The first-order chi connectivity index (χ1) is 17.6. The number of methoxy groups -OCH3 is 1. The largest absolute Gasteiger partial charge is 0.507 e. The highest BCUT2D eigenvalue weighted by Gasteiger charge is 2.29. The zero-order valence-corrected chi connectivity index (χ0v) is 20.8. The van der Waals surface area contributed by atoms with Crippen LogP contribution in [0, 0.1) is 6.92 Å². The van der Waals surface area contributed by atoms with Gasteiger partial charge in [-0.05, 0) is 55.3 Å². The van der Waals surface area contributed by atoms with E-state index in [0.29, 0.717) is 22.7 Å². The molecule has 0 aliphatic carbocycles. The van der Waals surface area contributed by atoms with Crippen molar-refractivity contribution in [2.75, 3.05) is 7.11 Å². The van der Waals surface area contributed by atoms with Crippen LogP contribution in [-0.2, 0) is 22.5 Å². The number of ether oxygens (including phenoxy) is 1. The fourth-order valence-corrected chi connectivity index (χ4v) is 4.49. The lowest BCUT2D eigenvalue weighted by Gasteiger charge is -2.20. The number of aromatic hydroxyl groups is 3. The predicted molar refractivity (Wildman–Crippen MR) is 137 cm³/mol. The minimum absolute atomic E-state index is 0.00794. The zero-order chi connectivity index (χ0) is 26.9. The summed E-state index contributed by atoms with van der Waals surface area (Å²) in [7, 11) is 1.18. The number of aromatic nitrogens is 1. The van der Waals surface area contributed by atoms with Gasteiger partial charge in [0.25, 0.3) is 5.56 Å².